The molecule has 0 aromatic carbocycles. The molecule has 1 aromatic rings. The number of nitrogens with one attached hydrogen (secondary N) is 2. The number of anilines is 2. The summed E-state index contributed by atoms with van der Waals surface area (Å²) >= 11 is 1.33. The molecule has 1 saturated carbocycles. The maximum atomic E-state index is 11.9. The van der Waals surface area contributed by atoms with E-state index in [4.69, 9.17) is 5.73 Å². The van der Waals surface area contributed by atoms with E-state index < -0.39 is 0 Å². The first-order valence-electron chi connectivity index (χ1n) is 6.49. The predicted molar refractivity (Wildman–Crippen MR) is 75.0 cm³/mol. The normalized spacial score (nSPS) is 15.2. The maximum absolute atomic E-state index is 11.9. The van der Waals surface area contributed by atoms with Gasteiger partial charge in [0.05, 0.1) is 0 Å². The zero-order valence-corrected chi connectivity index (χ0v) is 11.5. The molecule has 18 heavy (non-hydrogen) atoms. The Hall–Kier alpha value is -1.30. The highest BCUT2D eigenvalue weighted by Crippen LogP contribution is 2.27. The first-order valence-corrected chi connectivity index (χ1v) is 7.30. The van der Waals surface area contributed by atoms with Crippen molar-refractivity contribution in [3.05, 3.63) is 4.88 Å². The topological polar surface area (TPSA) is 80.0 Å². The molecule has 1 fully saturated rings. The lowest BCUT2D eigenvalue weighted by atomic mass is 9.85. The van der Waals surface area contributed by atoms with E-state index in [9.17, 15) is 4.79 Å². The van der Waals surface area contributed by atoms with E-state index in [0.717, 1.165) is 24.6 Å². The van der Waals surface area contributed by atoms with Crippen LogP contribution in [-0.4, -0.2) is 24.0 Å². The van der Waals surface area contributed by atoms with Crippen LogP contribution in [0, 0.1) is 5.92 Å². The number of thiazole rings is 1. The van der Waals surface area contributed by atoms with Gasteiger partial charge in [0, 0.05) is 13.1 Å². The molecule has 0 atom stereocenters. The van der Waals surface area contributed by atoms with Gasteiger partial charge in [-0.3, -0.25) is 4.79 Å². The fraction of sp³-hybridized carbons (Fsp3) is 0.667. The van der Waals surface area contributed by atoms with Crippen LogP contribution >= 0.6 is 11.3 Å². The Labute approximate surface area is 111 Å². The average Bonchev–Trinajstić information content (AvgIpc) is 2.65. The lowest BCUT2D eigenvalue weighted by Gasteiger charge is -2.25. The van der Waals surface area contributed by atoms with Crippen molar-refractivity contribution in [3.63, 3.8) is 0 Å². The van der Waals surface area contributed by atoms with Crippen LogP contribution in [0.5, 0.6) is 0 Å². The Morgan fingerprint density at radius 3 is 2.94 bits per heavy atom. The summed E-state index contributed by atoms with van der Waals surface area (Å²) in [5.74, 6) is 0.881. The first kappa shape index (κ1) is 13.1. The number of amides is 1. The zero-order valence-electron chi connectivity index (χ0n) is 10.7. The molecule has 4 N–H and O–H groups in total. The number of nitrogens with two attached hydrogens (primary N) is 1. The summed E-state index contributed by atoms with van der Waals surface area (Å²) in [5.41, 5.74) is 5.77. The van der Waals surface area contributed by atoms with E-state index in [1.165, 1.54) is 30.6 Å². The standard InChI is InChI=1S/C12H20N4OS/c1-2-6-14-12-16-10(13)9(18-12)11(17)15-7-8-4-3-5-8/h8H,2-7,13H2,1H3,(H,14,16)(H,15,17). The number of hydrogen-bond donors (Lipinski definition) is 3. The van der Waals surface area contributed by atoms with Crippen LogP contribution < -0.4 is 16.4 Å². The molecule has 6 heteroatoms. The van der Waals surface area contributed by atoms with E-state index in [1.807, 2.05) is 0 Å². The van der Waals surface area contributed by atoms with Gasteiger partial charge in [0.15, 0.2) is 5.13 Å². The molecule has 0 spiro atoms. The maximum Gasteiger partial charge on any atom is 0.265 e. The molecule has 1 aliphatic carbocycles. The lowest BCUT2D eigenvalue weighted by molar-refractivity contribution is 0.0944. The predicted octanol–water partition coefficient (Wildman–Crippen LogP) is 2.08. The molecule has 5 nitrogen and oxygen atoms in total. The Bertz CT molecular complexity index is 414. The molecule has 0 bridgehead atoms. The summed E-state index contributed by atoms with van der Waals surface area (Å²) in [6.45, 7) is 3.68. The van der Waals surface area contributed by atoms with Gasteiger partial charge < -0.3 is 16.4 Å². The number of aromatic nitrogens is 1. The van der Waals surface area contributed by atoms with Crippen molar-refractivity contribution in [1.82, 2.24) is 10.3 Å². The van der Waals surface area contributed by atoms with Crippen LogP contribution in [0.2, 0.25) is 0 Å². The van der Waals surface area contributed by atoms with E-state index in [2.05, 4.69) is 22.5 Å². The number of hydrogen-bond acceptors (Lipinski definition) is 5. The Kier molecular flexibility index (Phi) is 4.41. The van der Waals surface area contributed by atoms with Crippen LogP contribution in [0.1, 0.15) is 42.3 Å². The van der Waals surface area contributed by atoms with E-state index in [1.54, 1.807) is 0 Å². The van der Waals surface area contributed by atoms with Crippen LogP contribution in [0.4, 0.5) is 10.9 Å². The van der Waals surface area contributed by atoms with Gasteiger partial charge in [-0.1, -0.05) is 24.7 Å². The number of nitrogen functional groups attached to an aromatic ring is 1. The zero-order chi connectivity index (χ0) is 13.0. The molecule has 0 radical (unpaired) electrons. The fourth-order valence-electron chi connectivity index (χ4n) is 1.82. The number of carbonyl (C=O) groups is 1. The second kappa shape index (κ2) is 6.04. The molecule has 1 aliphatic rings. The second-order valence-electron chi connectivity index (χ2n) is 4.67. The van der Waals surface area contributed by atoms with Gasteiger partial charge in [-0.05, 0) is 25.2 Å². The van der Waals surface area contributed by atoms with Crippen molar-refractivity contribution >= 4 is 28.2 Å². The lowest BCUT2D eigenvalue weighted by Crippen LogP contribution is -2.32. The Balaban J connectivity index is 1.89. The monoisotopic (exact) mass is 268 g/mol. The van der Waals surface area contributed by atoms with Crippen molar-refractivity contribution in [3.8, 4) is 0 Å². The molecule has 0 saturated heterocycles. The van der Waals surface area contributed by atoms with E-state index in [0.29, 0.717) is 16.6 Å². The Morgan fingerprint density at radius 2 is 2.33 bits per heavy atom. The minimum Gasteiger partial charge on any atom is -0.382 e. The summed E-state index contributed by atoms with van der Waals surface area (Å²) < 4.78 is 0. The Morgan fingerprint density at radius 1 is 1.56 bits per heavy atom. The van der Waals surface area contributed by atoms with E-state index >= 15 is 0 Å². The van der Waals surface area contributed by atoms with Gasteiger partial charge in [-0.15, -0.1) is 0 Å². The molecule has 1 aromatic heterocycles. The SMILES string of the molecule is CCCNc1nc(N)c(C(=O)NCC2CCC2)s1. The van der Waals surface area contributed by atoms with E-state index in [-0.39, 0.29) is 5.91 Å². The third kappa shape index (κ3) is 3.13. The van der Waals surface area contributed by atoms with Gasteiger partial charge in [0.2, 0.25) is 0 Å². The molecular weight excluding hydrogens is 248 g/mol. The fourth-order valence-corrected chi connectivity index (χ4v) is 2.64. The largest absolute Gasteiger partial charge is 0.382 e. The third-order valence-corrected chi connectivity index (χ3v) is 4.19. The minimum absolute atomic E-state index is 0.0959. The van der Waals surface area contributed by atoms with Crippen LogP contribution in [0.3, 0.4) is 0 Å². The van der Waals surface area contributed by atoms with Crippen molar-refractivity contribution in [2.75, 3.05) is 24.1 Å². The first-order chi connectivity index (χ1) is 8.70. The smallest absolute Gasteiger partial charge is 0.265 e. The highest BCUT2D eigenvalue weighted by atomic mass is 32.1. The van der Waals surface area contributed by atoms with Crippen molar-refractivity contribution in [1.29, 1.82) is 0 Å². The molecular formula is C12H20N4OS. The average molecular weight is 268 g/mol. The third-order valence-electron chi connectivity index (χ3n) is 3.16. The van der Waals surface area contributed by atoms with Crippen LogP contribution in [-0.2, 0) is 0 Å². The second-order valence-corrected chi connectivity index (χ2v) is 5.67. The van der Waals surface area contributed by atoms with Crippen LogP contribution in [0.25, 0.3) is 0 Å². The van der Waals surface area contributed by atoms with Gasteiger partial charge in [0.1, 0.15) is 10.7 Å². The number of carbonyl (C=O) groups excluding carboxylic acids is 1. The quantitative estimate of drug-likeness (QED) is 0.738. The molecule has 0 unspecified atom stereocenters. The molecule has 2 rings (SSSR count). The van der Waals surface area contributed by atoms with Gasteiger partial charge in [-0.2, -0.15) is 0 Å². The van der Waals surface area contributed by atoms with Gasteiger partial charge in [-0.25, -0.2) is 4.98 Å². The molecule has 1 amide bonds. The summed E-state index contributed by atoms with van der Waals surface area (Å²) in [6.07, 6.45) is 4.75. The molecule has 100 valence electrons. The minimum atomic E-state index is -0.0959. The summed E-state index contributed by atoms with van der Waals surface area (Å²) in [6, 6.07) is 0. The number of rotatable bonds is 6. The van der Waals surface area contributed by atoms with Gasteiger partial charge >= 0.3 is 0 Å². The van der Waals surface area contributed by atoms with Crippen molar-refractivity contribution in [2.45, 2.75) is 32.6 Å². The summed E-state index contributed by atoms with van der Waals surface area (Å²) in [5, 5.41) is 6.81. The molecule has 0 aliphatic heterocycles. The van der Waals surface area contributed by atoms with Gasteiger partial charge in [0.25, 0.3) is 5.91 Å². The summed E-state index contributed by atoms with van der Waals surface area (Å²) in [4.78, 5) is 16.6. The van der Waals surface area contributed by atoms with Crippen LogP contribution in [0.15, 0.2) is 0 Å². The number of nitrogens with zero attached hydrogens (tertiary/aromatic N) is 1. The van der Waals surface area contributed by atoms with Crippen molar-refractivity contribution in [2.24, 2.45) is 5.92 Å². The highest BCUT2D eigenvalue weighted by molar-refractivity contribution is 7.18. The highest BCUT2D eigenvalue weighted by Gasteiger charge is 2.20. The van der Waals surface area contributed by atoms with Crippen molar-refractivity contribution < 1.29 is 4.79 Å². The summed E-state index contributed by atoms with van der Waals surface area (Å²) in [7, 11) is 0. The molecule has 1 heterocycles.